The first-order valence-electron chi connectivity index (χ1n) is 7.03. The number of carboxylic acid groups (broad SMARTS) is 1. The molecule has 2 N–H and O–H groups in total. The van der Waals surface area contributed by atoms with Gasteiger partial charge in [0.2, 0.25) is 0 Å². The molecule has 1 amide bonds. The summed E-state index contributed by atoms with van der Waals surface area (Å²) in [6.45, 7) is 1.80. The van der Waals surface area contributed by atoms with Crippen molar-refractivity contribution in [3.8, 4) is 0 Å². The van der Waals surface area contributed by atoms with Gasteiger partial charge in [0.25, 0.3) is 5.91 Å². The summed E-state index contributed by atoms with van der Waals surface area (Å²) in [7, 11) is 0. The minimum Gasteiger partial charge on any atom is -0.480 e. The van der Waals surface area contributed by atoms with E-state index in [0.717, 1.165) is 12.8 Å². The zero-order chi connectivity index (χ0) is 15.2. The number of benzene rings is 1. The molecule has 1 saturated heterocycles. The topological polar surface area (TPSA) is 69.6 Å². The van der Waals surface area contributed by atoms with Gasteiger partial charge in [-0.3, -0.25) is 9.59 Å². The number of nitrogens with one attached hydrogen (secondary N) is 1. The second-order valence-corrected chi connectivity index (χ2v) is 5.29. The van der Waals surface area contributed by atoms with Crippen molar-refractivity contribution in [3.63, 3.8) is 0 Å². The Morgan fingerprint density at radius 2 is 2.05 bits per heavy atom. The van der Waals surface area contributed by atoms with Crippen molar-refractivity contribution < 1.29 is 19.1 Å². The van der Waals surface area contributed by atoms with Gasteiger partial charge in [0.15, 0.2) is 0 Å². The van der Waals surface area contributed by atoms with Crippen LogP contribution in [0.1, 0.15) is 23.2 Å². The monoisotopic (exact) mass is 294 g/mol. The lowest BCUT2D eigenvalue weighted by molar-refractivity contribution is -0.136. The van der Waals surface area contributed by atoms with Gasteiger partial charge in [-0.2, -0.15) is 0 Å². The molecule has 21 heavy (non-hydrogen) atoms. The smallest absolute Gasteiger partial charge is 0.317 e. The summed E-state index contributed by atoms with van der Waals surface area (Å²) in [5.74, 6) is -1.09. The number of nitrogens with zero attached hydrogens (tertiary/aromatic N) is 1. The highest BCUT2D eigenvalue weighted by molar-refractivity contribution is 5.94. The molecule has 6 heteroatoms. The lowest BCUT2D eigenvalue weighted by Gasteiger charge is -2.33. The average molecular weight is 294 g/mol. The molecule has 0 saturated carbocycles. The quantitative estimate of drug-likeness (QED) is 0.860. The lowest BCUT2D eigenvalue weighted by atomic mass is 9.97. The van der Waals surface area contributed by atoms with Gasteiger partial charge < -0.3 is 15.3 Å². The number of hydrogen-bond donors (Lipinski definition) is 2. The van der Waals surface area contributed by atoms with E-state index in [4.69, 9.17) is 5.11 Å². The minimum atomic E-state index is -0.884. The van der Waals surface area contributed by atoms with Crippen LogP contribution in [0.15, 0.2) is 24.3 Å². The molecule has 2 rings (SSSR count). The third kappa shape index (κ3) is 4.53. The van der Waals surface area contributed by atoms with Crippen LogP contribution in [0.25, 0.3) is 0 Å². The maximum atomic E-state index is 12.9. The molecule has 0 spiro atoms. The predicted molar refractivity (Wildman–Crippen MR) is 75.5 cm³/mol. The highest BCUT2D eigenvalue weighted by Gasteiger charge is 2.24. The molecule has 1 aliphatic heterocycles. The fourth-order valence-corrected chi connectivity index (χ4v) is 2.57. The van der Waals surface area contributed by atoms with E-state index >= 15 is 0 Å². The van der Waals surface area contributed by atoms with Crippen molar-refractivity contribution >= 4 is 11.9 Å². The van der Waals surface area contributed by atoms with Crippen molar-refractivity contribution in [3.05, 3.63) is 35.6 Å². The summed E-state index contributed by atoms with van der Waals surface area (Å²) in [6, 6.07) is 5.54. The minimum absolute atomic E-state index is 0.0671. The number of carbonyl (C=O) groups is 2. The van der Waals surface area contributed by atoms with Crippen LogP contribution in [-0.4, -0.2) is 48.1 Å². The molecular weight excluding hydrogens is 275 g/mol. The van der Waals surface area contributed by atoms with Crippen molar-refractivity contribution in [1.29, 1.82) is 0 Å². The Morgan fingerprint density at radius 3 is 2.71 bits per heavy atom. The van der Waals surface area contributed by atoms with Gasteiger partial charge in [-0.15, -0.1) is 0 Å². The molecule has 0 aliphatic carbocycles. The Labute approximate surface area is 122 Å². The van der Waals surface area contributed by atoms with Gasteiger partial charge in [-0.05, 0) is 43.0 Å². The molecule has 1 aromatic rings. The van der Waals surface area contributed by atoms with E-state index in [2.05, 4.69) is 5.32 Å². The molecule has 1 fully saturated rings. The maximum Gasteiger partial charge on any atom is 0.317 e. The zero-order valence-corrected chi connectivity index (χ0v) is 11.7. The Balaban J connectivity index is 1.89. The number of hydrogen-bond acceptors (Lipinski definition) is 3. The van der Waals surface area contributed by atoms with E-state index in [1.54, 1.807) is 4.90 Å². The van der Waals surface area contributed by atoms with Crippen LogP contribution in [0.2, 0.25) is 0 Å². The predicted octanol–water partition coefficient (Wildman–Crippen LogP) is 1.35. The lowest BCUT2D eigenvalue weighted by Crippen LogP contribution is -2.43. The maximum absolute atomic E-state index is 12.9. The van der Waals surface area contributed by atoms with Gasteiger partial charge in [-0.1, -0.05) is 0 Å². The Bertz CT molecular complexity index is 504. The van der Waals surface area contributed by atoms with Crippen LogP contribution in [0.3, 0.4) is 0 Å². The van der Waals surface area contributed by atoms with E-state index in [0.29, 0.717) is 25.2 Å². The highest BCUT2D eigenvalue weighted by atomic mass is 19.1. The normalized spacial score (nSPS) is 18.5. The zero-order valence-electron chi connectivity index (χ0n) is 11.7. The highest BCUT2D eigenvalue weighted by Crippen LogP contribution is 2.18. The van der Waals surface area contributed by atoms with Crippen LogP contribution in [0.5, 0.6) is 0 Å². The number of halogens is 1. The fraction of sp³-hybridized carbons (Fsp3) is 0.467. The van der Waals surface area contributed by atoms with Crippen LogP contribution < -0.4 is 5.32 Å². The van der Waals surface area contributed by atoms with Crippen molar-refractivity contribution in [2.45, 2.75) is 12.8 Å². The standard InChI is InChI=1S/C15H19FN2O3/c16-13-5-3-12(4-6-13)15(21)18-7-1-2-11(10-18)8-17-9-14(19)20/h3-6,11,17H,1-2,7-10H2,(H,19,20). The van der Waals surface area contributed by atoms with E-state index in [9.17, 15) is 14.0 Å². The molecule has 1 aromatic carbocycles. The van der Waals surface area contributed by atoms with Crippen molar-refractivity contribution in [2.24, 2.45) is 5.92 Å². The summed E-state index contributed by atoms with van der Waals surface area (Å²) >= 11 is 0. The first kappa shape index (κ1) is 15.4. The molecule has 0 bridgehead atoms. The van der Waals surface area contributed by atoms with Gasteiger partial charge in [0.1, 0.15) is 5.82 Å². The molecule has 1 heterocycles. The van der Waals surface area contributed by atoms with Crippen LogP contribution in [0, 0.1) is 11.7 Å². The largest absolute Gasteiger partial charge is 0.480 e. The van der Waals surface area contributed by atoms with Gasteiger partial charge >= 0.3 is 5.97 Å². The molecule has 1 aliphatic rings. The molecule has 114 valence electrons. The van der Waals surface area contributed by atoms with Gasteiger partial charge in [0, 0.05) is 25.2 Å². The first-order valence-corrected chi connectivity index (χ1v) is 7.03. The van der Waals surface area contributed by atoms with E-state index in [1.807, 2.05) is 0 Å². The molecule has 1 atom stereocenters. The molecular formula is C15H19FN2O3. The second kappa shape index (κ2) is 7.17. The van der Waals surface area contributed by atoms with Gasteiger partial charge in [-0.25, -0.2) is 4.39 Å². The fourth-order valence-electron chi connectivity index (χ4n) is 2.57. The summed E-state index contributed by atoms with van der Waals surface area (Å²) in [5.41, 5.74) is 0.482. The van der Waals surface area contributed by atoms with Gasteiger partial charge in [0.05, 0.1) is 6.54 Å². The Kier molecular flexibility index (Phi) is 5.27. The Morgan fingerprint density at radius 1 is 1.33 bits per heavy atom. The number of amides is 1. The second-order valence-electron chi connectivity index (χ2n) is 5.29. The number of aliphatic carboxylic acids is 1. The summed E-state index contributed by atoms with van der Waals surface area (Å²) in [4.78, 5) is 24.5. The first-order chi connectivity index (χ1) is 10.1. The van der Waals surface area contributed by atoms with Crippen LogP contribution in [0.4, 0.5) is 4.39 Å². The number of rotatable bonds is 5. The summed E-state index contributed by atoms with van der Waals surface area (Å²) < 4.78 is 12.9. The Hall–Kier alpha value is -1.95. The number of carbonyl (C=O) groups excluding carboxylic acids is 1. The summed E-state index contributed by atoms with van der Waals surface area (Å²) in [6.07, 6.45) is 1.87. The molecule has 0 aromatic heterocycles. The number of likely N-dealkylation sites (tertiary alicyclic amines) is 1. The molecule has 5 nitrogen and oxygen atoms in total. The molecule has 1 unspecified atom stereocenters. The third-order valence-electron chi connectivity index (χ3n) is 3.61. The van der Waals surface area contributed by atoms with Crippen LogP contribution >= 0.6 is 0 Å². The number of piperidine rings is 1. The van der Waals surface area contributed by atoms with Crippen molar-refractivity contribution in [2.75, 3.05) is 26.2 Å². The number of carboxylic acids is 1. The summed E-state index contributed by atoms with van der Waals surface area (Å²) in [5, 5.41) is 11.5. The molecule has 0 radical (unpaired) electrons. The van der Waals surface area contributed by atoms with E-state index in [-0.39, 0.29) is 24.2 Å². The third-order valence-corrected chi connectivity index (χ3v) is 3.61. The average Bonchev–Trinajstić information content (AvgIpc) is 2.47. The van der Waals surface area contributed by atoms with E-state index in [1.165, 1.54) is 24.3 Å². The van der Waals surface area contributed by atoms with E-state index < -0.39 is 5.97 Å². The SMILES string of the molecule is O=C(O)CNCC1CCCN(C(=O)c2ccc(F)cc2)C1. The van der Waals surface area contributed by atoms with Crippen LogP contribution in [-0.2, 0) is 4.79 Å². The van der Waals surface area contributed by atoms with Crippen molar-refractivity contribution in [1.82, 2.24) is 10.2 Å².